The molecule has 1 aromatic rings. The summed E-state index contributed by atoms with van der Waals surface area (Å²) < 4.78 is 10.7. The lowest BCUT2D eigenvalue weighted by Gasteiger charge is -2.29. The molecular weight excluding hydrogens is 464 g/mol. The van der Waals surface area contributed by atoms with Gasteiger partial charge >= 0.3 is 11.9 Å². The van der Waals surface area contributed by atoms with Crippen LogP contribution in [0.2, 0.25) is 0 Å². The first-order valence-corrected chi connectivity index (χ1v) is 14.0. The number of esters is 2. The lowest BCUT2D eigenvalue weighted by Crippen LogP contribution is -2.30. The zero-order valence-electron chi connectivity index (χ0n) is 23.5. The molecule has 37 heavy (non-hydrogen) atoms. The van der Waals surface area contributed by atoms with Gasteiger partial charge in [0.25, 0.3) is 0 Å². The Hall–Kier alpha value is -2.40. The summed E-state index contributed by atoms with van der Waals surface area (Å²) in [6.07, 6.45) is 12.2. The summed E-state index contributed by atoms with van der Waals surface area (Å²) in [6.45, 7) is 14.3. The van der Waals surface area contributed by atoms with Crippen LogP contribution < -0.4 is 0 Å². The largest absolute Gasteiger partial charge is 0.462 e. The second kappa shape index (κ2) is 15.1. The lowest BCUT2D eigenvalue weighted by atomic mass is 9.77. The summed E-state index contributed by atoms with van der Waals surface area (Å²) in [4.78, 5) is 24.2. The monoisotopic (exact) mass is 512 g/mol. The van der Waals surface area contributed by atoms with E-state index < -0.39 is 17.5 Å². The number of benzene rings is 1. The van der Waals surface area contributed by atoms with Gasteiger partial charge in [-0.15, -0.1) is 0 Å². The van der Waals surface area contributed by atoms with E-state index in [1.165, 1.54) is 76.3 Å². The standard InChI is InChI=1S/C32H48O5/c1-7-8-9-10-25-13-17-28(18-14-25)29-19-15-26(16-20-29)11-12-27(21-36-30(33)23(2)3)22-37-31(34)24(4)32(5,6)35/h15-16,19-20,25,27-28,35H,2,4,7-14,17-18,21-22H2,1,3,5-6H3. The Kier molecular flexibility index (Phi) is 12.6. The highest BCUT2D eigenvalue weighted by Gasteiger charge is 2.26. The number of aryl methyl sites for hydroxylation is 1. The Labute approximate surface area is 224 Å². The van der Waals surface area contributed by atoms with E-state index in [9.17, 15) is 14.7 Å². The average Bonchev–Trinajstić information content (AvgIpc) is 2.87. The molecule has 1 aliphatic carbocycles. The molecule has 0 radical (unpaired) electrons. The van der Waals surface area contributed by atoms with Gasteiger partial charge in [0.05, 0.1) is 24.4 Å². The highest BCUT2D eigenvalue weighted by molar-refractivity contribution is 5.89. The summed E-state index contributed by atoms with van der Waals surface area (Å²) in [5.41, 5.74) is 1.62. The molecule has 206 valence electrons. The lowest BCUT2D eigenvalue weighted by molar-refractivity contribution is -0.145. The van der Waals surface area contributed by atoms with E-state index in [-0.39, 0.29) is 24.7 Å². The van der Waals surface area contributed by atoms with Crippen LogP contribution in [-0.4, -0.2) is 35.9 Å². The van der Waals surface area contributed by atoms with Crippen molar-refractivity contribution in [1.82, 2.24) is 0 Å². The molecule has 0 bridgehead atoms. The Balaban J connectivity index is 1.89. The summed E-state index contributed by atoms with van der Waals surface area (Å²) in [5.74, 6) is 0.293. The topological polar surface area (TPSA) is 72.8 Å². The molecular formula is C32H48O5. The molecule has 5 heteroatoms. The second-order valence-corrected chi connectivity index (χ2v) is 11.4. The van der Waals surface area contributed by atoms with Crippen LogP contribution in [0.4, 0.5) is 0 Å². The highest BCUT2D eigenvalue weighted by Crippen LogP contribution is 2.37. The maximum Gasteiger partial charge on any atom is 0.336 e. The first kappa shape index (κ1) is 30.8. The highest BCUT2D eigenvalue weighted by atomic mass is 16.5. The Morgan fingerprint density at radius 1 is 1.00 bits per heavy atom. The molecule has 0 heterocycles. The summed E-state index contributed by atoms with van der Waals surface area (Å²) >= 11 is 0. The third-order valence-electron chi connectivity index (χ3n) is 7.59. The number of carbonyl (C=O) groups is 2. The minimum Gasteiger partial charge on any atom is -0.462 e. The molecule has 1 atom stereocenters. The van der Waals surface area contributed by atoms with Crippen molar-refractivity contribution in [3.05, 3.63) is 59.7 Å². The molecule has 1 aliphatic rings. The Morgan fingerprint density at radius 2 is 1.59 bits per heavy atom. The number of aliphatic hydroxyl groups is 1. The van der Waals surface area contributed by atoms with Crippen LogP contribution in [0.15, 0.2) is 48.6 Å². The number of hydrogen-bond acceptors (Lipinski definition) is 5. The summed E-state index contributed by atoms with van der Waals surface area (Å²) in [6, 6.07) is 8.92. The SMILES string of the molecule is C=C(C)C(=O)OCC(CCc1ccc(C2CCC(CCCCC)CC2)cc1)COC(=O)C(=C)C(C)(C)O. The van der Waals surface area contributed by atoms with E-state index in [0.29, 0.717) is 17.9 Å². The van der Waals surface area contributed by atoms with Gasteiger partial charge in [-0.05, 0) is 82.3 Å². The van der Waals surface area contributed by atoms with Gasteiger partial charge in [0, 0.05) is 11.5 Å². The van der Waals surface area contributed by atoms with Crippen LogP contribution in [0, 0.1) is 11.8 Å². The maximum atomic E-state index is 12.3. The normalized spacial score (nSPS) is 18.6. The number of rotatable bonds is 15. The van der Waals surface area contributed by atoms with Gasteiger partial charge in [-0.3, -0.25) is 0 Å². The fraction of sp³-hybridized carbons (Fsp3) is 0.625. The zero-order valence-corrected chi connectivity index (χ0v) is 23.5. The number of carbonyl (C=O) groups excluding carboxylic acids is 2. The third-order valence-corrected chi connectivity index (χ3v) is 7.59. The van der Waals surface area contributed by atoms with Crippen molar-refractivity contribution in [2.24, 2.45) is 11.8 Å². The number of ether oxygens (including phenoxy) is 2. The second-order valence-electron chi connectivity index (χ2n) is 11.4. The molecule has 1 N–H and O–H groups in total. The average molecular weight is 513 g/mol. The molecule has 0 amide bonds. The van der Waals surface area contributed by atoms with Crippen molar-refractivity contribution >= 4 is 11.9 Å². The van der Waals surface area contributed by atoms with Crippen LogP contribution in [0.3, 0.4) is 0 Å². The molecule has 1 fully saturated rings. The molecule has 2 rings (SSSR count). The molecule has 1 saturated carbocycles. The van der Waals surface area contributed by atoms with Gasteiger partial charge in [-0.1, -0.05) is 70.0 Å². The fourth-order valence-electron chi connectivity index (χ4n) is 4.86. The minimum absolute atomic E-state index is 0.00392. The predicted molar refractivity (Wildman–Crippen MR) is 149 cm³/mol. The van der Waals surface area contributed by atoms with Gasteiger partial charge in [0.2, 0.25) is 0 Å². The van der Waals surface area contributed by atoms with E-state index in [0.717, 1.165) is 12.3 Å². The van der Waals surface area contributed by atoms with E-state index in [2.05, 4.69) is 44.3 Å². The third kappa shape index (κ3) is 10.9. The van der Waals surface area contributed by atoms with E-state index >= 15 is 0 Å². The molecule has 0 saturated heterocycles. The van der Waals surface area contributed by atoms with Gasteiger partial charge in [0.15, 0.2) is 0 Å². The minimum atomic E-state index is -1.35. The molecule has 1 aromatic carbocycles. The summed E-state index contributed by atoms with van der Waals surface area (Å²) in [7, 11) is 0. The Bertz CT molecular complexity index is 885. The molecule has 1 unspecified atom stereocenters. The molecule has 0 aliphatic heterocycles. The predicted octanol–water partition coefficient (Wildman–Crippen LogP) is 7.08. The van der Waals surface area contributed by atoms with Crippen LogP contribution in [0.1, 0.15) is 103 Å². The van der Waals surface area contributed by atoms with Crippen LogP contribution in [0.5, 0.6) is 0 Å². The fourth-order valence-corrected chi connectivity index (χ4v) is 4.86. The Morgan fingerprint density at radius 3 is 2.14 bits per heavy atom. The first-order valence-electron chi connectivity index (χ1n) is 14.0. The van der Waals surface area contributed by atoms with E-state index in [1.54, 1.807) is 6.92 Å². The van der Waals surface area contributed by atoms with Crippen molar-refractivity contribution in [1.29, 1.82) is 0 Å². The van der Waals surface area contributed by atoms with Crippen molar-refractivity contribution in [2.45, 2.75) is 103 Å². The van der Waals surface area contributed by atoms with Gasteiger partial charge < -0.3 is 14.6 Å². The molecule has 5 nitrogen and oxygen atoms in total. The quantitative estimate of drug-likeness (QED) is 0.154. The van der Waals surface area contributed by atoms with Crippen molar-refractivity contribution < 1.29 is 24.2 Å². The molecule has 0 aromatic heterocycles. The van der Waals surface area contributed by atoms with Gasteiger partial charge in [0.1, 0.15) is 0 Å². The number of unbranched alkanes of at least 4 members (excludes halogenated alkanes) is 2. The molecule has 0 spiro atoms. The van der Waals surface area contributed by atoms with Crippen LogP contribution in [-0.2, 0) is 25.5 Å². The van der Waals surface area contributed by atoms with Crippen LogP contribution in [0.25, 0.3) is 0 Å². The first-order chi connectivity index (χ1) is 17.5. The van der Waals surface area contributed by atoms with Crippen molar-refractivity contribution in [3.8, 4) is 0 Å². The van der Waals surface area contributed by atoms with Crippen molar-refractivity contribution in [3.63, 3.8) is 0 Å². The van der Waals surface area contributed by atoms with E-state index in [1.807, 2.05) is 0 Å². The van der Waals surface area contributed by atoms with E-state index in [4.69, 9.17) is 9.47 Å². The zero-order chi connectivity index (χ0) is 27.4. The maximum absolute atomic E-state index is 12.3. The smallest absolute Gasteiger partial charge is 0.336 e. The summed E-state index contributed by atoms with van der Waals surface area (Å²) in [5, 5.41) is 10.0. The van der Waals surface area contributed by atoms with Crippen LogP contribution >= 0.6 is 0 Å². The van der Waals surface area contributed by atoms with Crippen molar-refractivity contribution in [2.75, 3.05) is 13.2 Å². The van der Waals surface area contributed by atoms with Gasteiger partial charge in [-0.25, -0.2) is 9.59 Å². The van der Waals surface area contributed by atoms with Gasteiger partial charge in [-0.2, -0.15) is 0 Å². The number of hydrogen-bond donors (Lipinski definition) is 1.